The van der Waals surface area contributed by atoms with Crippen molar-refractivity contribution in [3.8, 4) is 0 Å². The topological polar surface area (TPSA) is 9.23 Å². The van der Waals surface area contributed by atoms with E-state index in [-0.39, 0.29) is 0 Å². The third-order valence-corrected chi connectivity index (χ3v) is 8.16. The lowest BCUT2D eigenvalue weighted by atomic mass is 9.70. The van der Waals surface area contributed by atoms with Gasteiger partial charge in [-0.3, -0.25) is 0 Å². The average molecular weight is 276 g/mol. The summed E-state index contributed by atoms with van der Waals surface area (Å²) in [6.07, 6.45) is 14.2. The highest BCUT2D eigenvalue weighted by Gasteiger charge is 2.69. The third-order valence-electron chi connectivity index (χ3n) is 8.16. The first kappa shape index (κ1) is 13.6. The van der Waals surface area contributed by atoms with E-state index in [0.29, 0.717) is 23.0 Å². The molecule has 0 N–H and O–H groups in total. The zero-order chi connectivity index (χ0) is 14.0. The zero-order valence-electron chi connectivity index (χ0n) is 13.7. The van der Waals surface area contributed by atoms with Crippen LogP contribution in [0.1, 0.15) is 78.6 Å². The number of ether oxygens (including phenoxy) is 1. The van der Waals surface area contributed by atoms with Gasteiger partial charge in [-0.2, -0.15) is 0 Å². The molecule has 3 saturated carbocycles. The molecule has 5 atom stereocenters. The Morgan fingerprint density at radius 1 is 0.900 bits per heavy atom. The summed E-state index contributed by atoms with van der Waals surface area (Å²) in [4.78, 5) is 0. The Morgan fingerprint density at radius 3 is 2.25 bits per heavy atom. The fourth-order valence-electron chi connectivity index (χ4n) is 6.54. The lowest BCUT2D eigenvalue weighted by Gasteiger charge is -2.39. The Kier molecular flexibility index (Phi) is 3.05. The van der Waals surface area contributed by atoms with Gasteiger partial charge in [0.15, 0.2) is 0 Å². The van der Waals surface area contributed by atoms with Crippen molar-refractivity contribution in [1.82, 2.24) is 0 Å². The lowest BCUT2D eigenvalue weighted by Crippen LogP contribution is -2.38. The molecular formula is C19H32O. The fraction of sp³-hybridized carbons (Fsp3) is 1.00. The van der Waals surface area contributed by atoms with E-state index in [2.05, 4.69) is 20.8 Å². The molecule has 1 heteroatoms. The summed E-state index contributed by atoms with van der Waals surface area (Å²) in [7, 11) is 0. The van der Waals surface area contributed by atoms with E-state index in [0.717, 1.165) is 17.8 Å². The van der Waals surface area contributed by atoms with Crippen LogP contribution in [0, 0.1) is 28.6 Å². The van der Waals surface area contributed by atoms with Crippen molar-refractivity contribution in [1.29, 1.82) is 0 Å². The molecular weight excluding hydrogens is 244 g/mol. The van der Waals surface area contributed by atoms with Crippen molar-refractivity contribution in [3.63, 3.8) is 0 Å². The summed E-state index contributed by atoms with van der Waals surface area (Å²) in [5, 5.41) is 0. The van der Waals surface area contributed by atoms with Crippen LogP contribution in [-0.2, 0) is 4.74 Å². The third kappa shape index (κ3) is 1.65. The van der Waals surface area contributed by atoms with Crippen molar-refractivity contribution in [3.05, 3.63) is 0 Å². The molecule has 114 valence electrons. The quantitative estimate of drug-likeness (QED) is 0.599. The summed E-state index contributed by atoms with van der Waals surface area (Å²) in [5.74, 6) is 2.71. The second-order valence-electron chi connectivity index (χ2n) is 9.03. The van der Waals surface area contributed by atoms with Gasteiger partial charge >= 0.3 is 0 Å². The number of rotatable bonds is 1. The monoisotopic (exact) mass is 276 g/mol. The van der Waals surface area contributed by atoms with Crippen molar-refractivity contribution in [2.45, 2.75) is 90.8 Å². The maximum absolute atomic E-state index is 6.75. The van der Waals surface area contributed by atoms with E-state index in [4.69, 9.17) is 4.74 Å². The van der Waals surface area contributed by atoms with Crippen LogP contribution in [0.3, 0.4) is 0 Å². The van der Waals surface area contributed by atoms with E-state index in [1.54, 1.807) is 0 Å². The number of fused-ring (bicyclic) bond motifs is 5. The Morgan fingerprint density at radius 2 is 1.60 bits per heavy atom. The molecule has 4 fully saturated rings. The number of hydrogen-bond donors (Lipinski definition) is 0. The Labute approximate surface area is 124 Å². The van der Waals surface area contributed by atoms with Crippen LogP contribution in [0.4, 0.5) is 0 Å². The molecule has 0 spiro atoms. The molecule has 20 heavy (non-hydrogen) atoms. The van der Waals surface area contributed by atoms with Gasteiger partial charge in [0, 0.05) is 0 Å². The van der Waals surface area contributed by atoms with Gasteiger partial charge in [0.1, 0.15) is 0 Å². The molecule has 1 aliphatic heterocycles. The molecule has 2 bridgehead atoms. The molecule has 0 aromatic carbocycles. The zero-order valence-corrected chi connectivity index (χ0v) is 13.7. The summed E-state index contributed by atoms with van der Waals surface area (Å²) >= 11 is 0. The Hall–Kier alpha value is -0.0400. The van der Waals surface area contributed by atoms with Crippen molar-refractivity contribution in [2.24, 2.45) is 28.6 Å². The minimum absolute atomic E-state index is 0.460. The van der Waals surface area contributed by atoms with Crippen molar-refractivity contribution >= 4 is 0 Å². The van der Waals surface area contributed by atoms with Crippen LogP contribution in [0.5, 0.6) is 0 Å². The second-order valence-corrected chi connectivity index (χ2v) is 9.03. The maximum Gasteiger partial charge on any atom is 0.0669 e. The highest BCUT2D eigenvalue weighted by atomic mass is 16.5. The summed E-state index contributed by atoms with van der Waals surface area (Å²) < 4.78 is 6.75. The molecule has 0 radical (unpaired) electrons. The fourth-order valence-corrected chi connectivity index (χ4v) is 6.54. The lowest BCUT2D eigenvalue weighted by molar-refractivity contribution is -0.0728. The predicted octanol–water partition coefficient (Wildman–Crippen LogP) is 5.19. The molecule has 5 unspecified atom stereocenters. The van der Waals surface area contributed by atoms with E-state index in [1.807, 2.05) is 0 Å². The molecule has 0 aromatic rings. The highest BCUT2D eigenvalue weighted by Crippen LogP contribution is 2.71. The molecule has 3 aliphatic carbocycles. The number of hydrogen-bond acceptors (Lipinski definition) is 1. The smallest absolute Gasteiger partial charge is 0.0669 e. The van der Waals surface area contributed by atoms with Crippen molar-refractivity contribution in [2.75, 3.05) is 0 Å². The van der Waals surface area contributed by atoms with Gasteiger partial charge in [0.05, 0.1) is 12.2 Å². The van der Waals surface area contributed by atoms with Crippen LogP contribution in [0.25, 0.3) is 0 Å². The largest absolute Gasteiger partial charge is 0.374 e. The van der Waals surface area contributed by atoms with Crippen LogP contribution in [0.2, 0.25) is 0 Å². The van der Waals surface area contributed by atoms with Gasteiger partial charge in [-0.1, -0.05) is 46.5 Å². The van der Waals surface area contributed by atoms with Crippen LogP contribution in [0.15, 0.2) is 0 Å². The second kappa shape index (κ2) is 4.48. The van der Waals surface area contributed by atoms with Gasteiger partial charge in [-0.25, -0.2) is 0 Å². The van der Waals surface area contributed by atoms with Gasteiger partial charge in [-0.15, -0.1) is 0 Å². The highest BCUT2D eigenvalue weighted by molar-refractivity contribution is 5.17. The molecule has 0 amide bonds. The average Bonchev–Trinajstić information content (AvgIpc) is 2.86. The minimum atomic E-state index is 0.460. The first-order valence-corrected chi connectivity index (χ1v) is 9.19. The van der Waals surface area contributed by atoms with Crippen LogP contribution >= 0.6 is 0 Å². The van der Waals surface area contributed by atoms with Gasteiger partial charge in [0.25, 0.3) is 0 Å². The van der Waals surface area contributed by atoms with Crippen LogP contribution < -0.4 is 0 Å². The molecule has 4 rings (SSSR count). The molecule has 1 heterocycles. The Bertz CT molecular complexity index is 379. The predicted molar refractivity (Wildman–Crippen MR) is 82.6 cm³/mol. The molecule has 4 aliphatic rings. The summed E-state index contributed by atoms with van der Waals surface area (Å²) in [6.45, 7) is 7.58. The summed E-state index contributed by atoms with van der Waals surface area (Å²) in [6, 6.07) is 0. The first-order valence-electron chi connectivity index (χ1n) is 9.19. The van der Waals surface area contributed by atoms with E-state index in [9.17, 15) is 0 Å². The molecule has 1 nitrogen and oxygen atoms in total. The van der Waals surface area contributed by atoms with Gasteiger partial charge in [0.2, 0.25) is 0 Å². The summed E-state index contributed by atoms with van der Waals surface area (Å²) in [5.41, 5.74) is 0.971. The van der Waals surface area contributed by atoms with E-state index < -0.39 is 0 Å². The van der Waals surface area contributed by atoms with E-state index >= 15 is 0 Å². The van der Waals surface area contributed by atoms with E-state index in [1.165, 1.54) is 57.8 Å². The maximum atomic E-state index is 6.75. The SMILES string of the molecule is CC1(C)C2CCC1(C)C1OC(C3CCCCCC3)CC21. The minimum Gasteiger partial charge on any atom is -0.374 e. The standard InChI is InChI=1S/C19H32O/c1-18(2)15-10-11-19(18,3)17-14(15)12-16(20-17)13-8-6-4-5-7-9-13/h13-17H,4-12H2,1-3H3. The first-order chi connectivity index (χ1) is 9.54. The Balaban J connectivity index is 1.52. The van der Waals surface area contributed by atoms with Crippen molar-refractivity contribution < 1.29 is 4.74 Å². The van der Waals surface area contributed by atoms with Gasteiger partial charge in [-0.05, 0) is 60.7 Å². The molecule has 1 saturated heterocycles. The molecule has 0 aromatic heterocycles. The van der Waals surface area contributed by atoms with Gasteiger partial charge < -0.3 is 4.74 Å². The van der Waals surface area contributed by atoms with Crippen LogP contribution in [-0.4, -0.2) is 12.2 Å². The normalized spacial score (nSPS) is 51.1.